The van der Waals surface area contributed by atoms with Crippen molar-refractivity contribution in [3.05, 3.63) is 29.8 Å². The number of rotatable bonds is 2. The van der Waals surface area contributed by atoms with E-state index in [1.165, 1.54) is 4.90 Å². The van der Waals surface area contributed by atoms with Gasteiger partial charge in [-0.25, -0.2) is 4.79 Å². The fourth-order valence-corrected chi connectivity index (χ4v) is 1.23. The van der Waals surface area contributed by atoms with Gasteiger partial charge in [0.05, 0.1) is 0 Å². The molecule has 1 unspecified atom stereocenters. The number of carbonyl (C=O) groups excluding carboxylic acids is 1. The second kappa shape index (κ2) is 4.79. The second-order valence-corrected chi connectivity index (χ2v) is 3.70. The van der Waals surface area contributed by atoms with Crippen LogP contribution >= 0.6 is 0 Å². The molecule has 0 aliphatic rings. The molecule has 82 valence electrons. The lowest BCUT2D eigenvalue weighted by atomic mass is 10.1. The zero-order valence-electron chi connectivity index (χ0n) is 9.32. The highest BCUT2D eigenvalue weighted by Crippen LogP contribution is 2.20. The number of para-hydroxylation sites is 1. The van der Waals surface area contributed by atoms with Gasteiger partial charge in [-0.05, 0) is 18.6 Å². The van der Waals surface area contributed by atoms with Crippen LogP contribution in [0, 0.1) is 0 Å². The maximum atomic E-state index is 11.5. The van der Waals surface area contributed by atoms with Crippen molar-refractivity contribution in [3.8, 4) is 0 Å². The van der Waals surface area contributed by atoms with Gasteiger partial charge in [0, 0.05) is 25.8 Å². The van der Waals surface area contributed by atoms with E-state index >= 15 is 0 Å². The van der Waals surface area contributed by atoms with Crippen molar-refractivity contribution in [2.75, 3.05) is 19.4 Å². The number of anilines is 1. The number of carbonyl (C=O) groups is 1. The first kappa shape index (κ1) is 11.5. The van der Waals surface area contributed by atoms with E-state index in [0.717, 1.165) is 11.3 Å². The van der Waals surface area contributed by atoms with Gasteiger partial charge in [-0.1, -0.05) is 18.2 Å². The third kappa shape index (κ3) is 2.95. The first-order valence-electron chi connectivity index (χ1n) is 4.85. The molecule has 0 heterocycles. The largest absolute Gasteiger partial charge is 0.331 e. The number of nitrogens with zero attached hydrogens (tertiary/aromatic N) is 1. The van der Waals surface area contributed by atoms with Gasteiger partial charge in [-0.15, -0.1) is 0 Å². The van der Waals surface area contributed by atoms with Crippen molar-refractivity contribution in [1.82, 2.24) is 4.90 Å². The van der Waals surface area contributed by atoms with Gasteiger partial charge >= 0.3 is 6.03 Å². The molecule has 0 saturated carbocycles. The van der Waals surface area contributed by atoms with E-state index in [0.29, 0.717) is 0 Å². The Morgan fingerprint density at radius 2 is 2.00 bits per heavy atom. The summed E-state index contributed by atoms with van der Waals surface area (Å²) < 4.78 is 0. The smallest absolute Gasteiger partial charge is 0.321 e. The molecule has 0 bridgehead atoms. The molecule has 2 amide bonds. The van der Waals surface area contributed by atoms with Gasteiger partial charge in [0.15, 0.2) is 0 Å². The van der Waals surface area contributed by atoms with Crippen LogP contribution in [0.1, 0.15) is 18.5 Å². The molecule has 3 N–H and O–H groups in total. The molecule has 0 fully saturated rings. The van der Waals surface area contributed by atoms with Crippen LogP contribution < -0.4 is 11.1 Å². The molecule has 0 aliphatic carbocycles. The summed E-state index contributed by atoms with van der Waals surface area (Å²) in [6, 6.07) is 7.30. The Balaban J connectivity index is 2.89. The van der Waals surface area contributed by atoms with Crippen molar-refractivity contribution in [3.63, 3.8) is 0 Å². The fraction of sp³-hybridized carbons (Fsp3) is 0.364. The molecule has 1 aromatic rings. The maximum Gasteiger partial charge on any atom is 0.321 e. The van der Waals surface area contributed by atoms with Crippen LogP contribution in [-0.2, 0) is 0 Å². The quantitative estimate of drug-likeness (QED) is 0.776. The minimum Gasteiger partial charge on any atom is -0.331 e. The van der Waals surface area contributed by atoms with E-state index in [4.69, 9.17) is 5.73 Å². The normalized spacial score (nSPS) is 12.0. The van der Waals surface area contributed by atoms with Crippen LogP contribution in [0.5, 0.6) is 0 Å². The molecule has 0 spiro atoms. The molecule has 4 nitrogen and oxygen atoms in total. The molecule has 1 aromatic carbocycles. The summed E-state index contributed by atoms with van der Waals surface area (Å²) in [5.41, 5.74) is 7.51. The average molecular weight is 207 g/mol. The third-order valence-electron chi connectivity index (χ3n) is 2.10. The zero-order chi connectivity index (χ0) is 11.4. The van der Waals surface area contributed by atoms with Crippen LogP contribution in [0.4, 0.5) is 10.5 Å². The van der Waals surface area contributed by atoms with E-state index in [-0.39, 0.29) is 12.1 Å². The van der Waals surface area contributed by atoms with Crippen molar-refractivity contribution in [2.24, 2.45) is 5.73 Å². The lowest BCUT2D eigenvalue weighted by molar-refractivity contribution is 0.230. The molecule has 1 atom stereocenters. The Hall–Kier alpha value is -1.55. The number of benzene rings is 1. The summed E-state index contributed by atoms with van der Waals surface area (Å²) in [6.45, 7) is 1.89. The third-order valence-corrected chi connectivity index (χ3v) is 2.10. The predicted octanol–water partition coefficient (Wildman–Crippen LogP) is 1.80. The lowest BCUT2D eigenvalue weighted by Gasteiger charge is -2.16. The van der Waals surface area contributed by atoms with Crippen LogP contribution in [0.25, 0.3) is 0 Å². The summed E-state index contributed by atoms with van der Waals surface area (Å²) in [4.78, 5) is 12.9. The standard InChI is InChI=1S/C11H17N3O/c1-8(12)9-6-4-5-7-10(9)13-11(15)14(2)3/h4-8H,12H2,1-3H3,(H,13,15). The highest BCUT2D eigenvalue weighted by atomic mass is 16.2. The Morgan fingerprint density at radius 1 is 1.40 bits per heavy atom. The van der Waals surface area contributed by atoms with E-state index < -0.39 is 0 Å². The van der Waals surface area contributed by atoms with E-state index in [9.17, 15) is 4.79 Å². The number of hydrogen-bond acceptors (Lipinski definition) is 2. The van der Waals surface area contributed by atoms with Crippen molar-refractivity contribution in [2.45, 2.75) is 13.0 Å². The van der Waals surface area contributed by atoms with Crippen LogP contribution in [0.15, 0.2) is 24.3 Å². The first-order valence-corrected chi connectivity index (χ1v) is 4.85. The van der Waals surface area contributed by atoms with Crippen molar-refractivity contribution >= 4 is 11.7 Å². The number of hydrogen-bond donors (Lipinski definition) is 2. The highest BCUT2D eigenvalue weighted by Gasteiger charge is 2.09. The number of amides is 2. The van der Waals surface area contributed by atoms with Gasteiger partial charge in [-0.2, -0.15) is 0 Å². The summed E-state index contributed by atoms with van der Waals surface area (Å²) in [5, 5.41) is 2.80. The summed E-state index contributed by atoms with van der Waals surface area (Å²) >= 11 is 0. The Morgan fingerprint density at radius 3 is 2.53 bits per heavy atom. The Kier molecular flexibility index (Phi) is 3.68. The van der Waals surface area contributed by atoms with Crippen LogP contribution in [0.2, 0.25) is 0 Å². The Labute approximate surface area is 90.1 Å². The van der Waals surface area contributed by atoms with Crippen molar-refractivity contribution < 1.29 is 4.79 Å². The van der Waals surface area contributed by atoms with Gasteiger partial charge in [0.1, 0.15) is 0 Å². The van der Waals surface area contributed by atoms with Crippen LogP contribution in [-0.4, -0.2) is 25.0 Å². The molecule has 1 rings (SSSR count). The topological polar surface area (TPSA) is 58.4 Å². The number of nitrogens with two attached hydrogens (primary N) is 1. The van der Waals surface area contributed by atoms with Crippen molar-refractivity contribution in [1.29, 1.82) is 0 Å². The first-order chi connectivity index (χ1) is 7.02. The zero-order valence-corrected chi connectivity index (χ0v) is 9.32. The lowest BCUT2D eigenvalue weighted by Crippen LogP contribution is -2.28. The van der Waals surface area contributed by atoms with Crippen LogP contribution in [0.3, 0.4) is 0 Å². The number of urea groups is 1. The molecular weight excluding hydrogens is 190 g/mol. The van der Waals surface area contributed by atoms with Gasteiger partial charge in [0.2, 0.25) is 0 Å². The monoisotopic (exact) mass is 207 g/mol. The highest BCUT2D eigenvalue weighted by molar-refractivity contribution is 5.89. The SMILES string of the molecule is CC(N)c1ccccc1NC(=O)N(C)C. The fourth-order valence-electron chi connectivity index (χ4n) is 1.23. The summed E-state index contributed by atoms with van der Waals surface area (Å²) in [6.07, 6.45) is 0. The average Bonchev–Trinajstić information content (AvgIpc) is 2.18. The van der Waals surface area contributed by atoms with Gasteiger partial charge in [-0.3, -0.25) is 0 Å². The number of nitrogens with one attached hydrogen (secondary N) is 1. The van der Waals surface area contributed by atoms with E-state index in [1.54, 1.807) is 14.1 Å². The van der Waals surface area contributed by atoms with E-state index in [2.05, 4.69) is 5.32 Å². The molecular formula is C11H17N3O. The summed E-state index contributed by atoms with van der Waals surface area (Å²) in [7, 11) is 3.40. The molecule has 15 heavy (non-hydrogen) atoms. The van der Waals surface area contributed by atoms with Gasteiger partial charge in [0.25, 0.3) is 0 Å². The minimum atomic E-state index is -0.150. The maximum absolute atomic E-state index is 11.5. The van der Waals surface area contributed by atoms with E-state index in [1.807, 2.05) is 31.2 Å². The molecule has 0 radical (unpaired) electrons. The molecule has 0 aliphatic heterocycles. The predicted molar refractivity (Wildman–Crippen MR) is 61.8 cm³/mol. The summed E-state index contributed by atoms with van der Waals surface area (Å²) in [5.74, 6) is 0. The minimum absolute atomic E-state index is 0.0938. The molecule has 4 heteroatoms. The molecule has 0 saturated heterocycles. The van der Waals surface area contributed by atoms with Gasteiger partial charge < -0.3 is 16.0 Å². The second-order valence-electron chi connectivity index (χ2n) is 3.70. The Bertz CT molecular complexity index is 347. The molecule has 0 aromatic heterocycles.